The molecule has 1 aromatic heterocycles. The SMILES string of the molecule is CC(C)(C)CC(=O)NCc1nnc(SCc2ccccc2)n1-c1ccc([N+](=O)[O-])cc1. The lowest BCUT2D eigenvalue weighted by Gasteiger charge is -2.17. The molecule has 0 saturated heterocycles. The molecule has 1 N–H and O–H groups in total. The molecule has 0 unspecified atom stereocenters. The summed E-state index contributed by atoms with van der Waals surface area (Å²) >= 11 is 1.51. The fraction of sp³-hybridized carbons (Fsp3) is 0.318. The van der Waals surface area contributed by atoms with E-state index >= 15 is 0 Å². The Morgan fingerprint density at radius 3 is 2.39 bits per heavy atom. The summed E-state index contributed by atoms with van der Waals surface area (Å²) in [5.41, 5.74) is 1.74. The van der Waals surface area contributed by atoms with Crippen LogP contribution in [0.1, 0.15) is 38.6 Å². The number of hydrogen-bond donors (Lipinski definition) is 1. The average Bonchev–Trinajstić information content (AvgIpc) is 3.13. The highest BCUT2D eigenvalue weighted by Crippen LogP contribution is 2.26. The minimum absolute atomic E-state index is 0.00958. The molecule has 8 nitrogen and oxygen atoms in total. The third kappa shape index (κ3) is 6.39. The van der Waals surface area contributed by atoms with Gasteiger partial charge in [-0.1, -0.05) is 62.9 Å². The molecule has 162 valence electrons. The lowest BCUT2D eigenvalue weighted by Crippen LogP contribution is -2.28. The highest BCUT2D eigenvalue weighted by molar-refractivity contribution is 7.98. The van der Waals surface area contributed by atoms with E-state index in [1.54, 1.807) is 12.1 Å². The van der Waals surface area contributed by atoms with Gasteiger partial charge in [-0.25, -0.2) is 0 Å². The molecule has 0 radical (unpaired) electrons. The summed E-state index contributed by atoms with van der Waals surface area (Å²) in [5.74, 6) is 1.19. The maximum absolute atomic E-state index is 12.3. The summed E-state index contributed by atoms with van der Waals surface area (Å²) in [5, 5.41) is 23.1. The van der Waals surface area contributed by atoms with E-state index in [0.717, 1.165) is 5.56 Å². The van der Waals surface area contributed by atoms with Crippen LogP contribution >= 0.6 is 11.8 Å². The van der Waals surface area contributed by atoms with Crippen molar-refractivity contribution in [2.75, 3.05) is 0 Å². The average molecular weight is 440 g/mol. The van der Waals surface area contributed by atoms with Gasteiger partial charge in [0.15, 0.2) is 11.0 Å². The van der Waals surface area contributed by atoms with Gasteiger partial charge in [0.1, 0.15) is 0 Å². The van der Waals surface area contributed by atoms with Crippen molar-refractivity contribution >= 4 is 23.4 Å². The van der Waals surface area contributed by atoms with Gasteiger partial charge in [0.05, 0.1) is 11.5 Å². The minimum Gasteiger partial charge on any atom is -0.349 e. The van der Waals surface area contributed by atoms with Gasteiger partial charge in [-0.15, -0.1) is 10.2 Å². The minimum atomic E-state index is -0.436. The number of carbonyl (C=O) groups is 1. The van der Waals surface area contributed by atoms with Gasteiger partial charge in [-0.2, -0.15) is 0 Å². The largest absolute Gasteiger partial charge is 0.349 e. The van der Waals surface area contributed by atoms with Crippen molar-refractivity contribution in [1.29, 1.82) is 0 Å². The van der Waals surface area contributed by atoms with Gasteiger partial charge in [0, 0.05) is 30.0 Å². The number of nitrogens with zero attached hydrogens (tertiary/aromatic N) is 4. The summed E-state index contributed by atoms with van der Waals surface area (Å²) in [6.07, 6.45) is 0.397. The molecule has 3 rings (SSSR count). The number of carbonyl (C=O) groups excluding carboxylic acids is 1. The fourth-order valence-electron chi connectivity index (χ4n) is 2.93. The maximum Gasteiger partial charge on any atom is 0.269 e. The van der Waals surface area contributed by atoms with E-state index in [1.165, 1.54) is 23.9 Å². The van der Waals surface area contributed by atoms with Crippen molar-refractivity contribution in [2.45, 2.75) is 44.6 Å². The molecule has 0 atom stereocenters. The lowest BCUT2D eigenvalue weighted by molar-refractivity contribution is -0.384. The third-order valence-corrected chi connectivity index (χ3v) is 5.36. The Hall–Kier alpha value is -3.20. The Morgan fingerprint density at radius 2 is 1.77 bits per heavy atom. The fourth-order valence-corrected chi connectivity index (χ4v) is 3.86. The van der Waals surface area contributed by atoms with Crippen LogP contribution in [0.5, 0.6) is 0 Å². The first-order chi connectivity index (χ1) is 14.7. The van der Waals surface area contributed by atoms with Crippen LogP contribution in [-0.4, -0.2) is 25.6 Å². The van der Waals surface area contributed by atoms with Crippen LogP contribution in [0.25, 0.3) is 5.69 Å². The van der Waals surface area contributed by atoms with E-state index in [9.17, 15) is 14.9 Å². The quantitative estimate of drug-likeness (QED) is 0.314. The number of thioether (sulfide) groups is 1. The lowest BCUT2D eigenvalue weighted by atomic mass is 9.92. The Balaban J connectivity index is 1.84. The first kappa shape index (κ1) is 22.5. The van der Waals surface area contributed by atoms with Crippen LogP contribution in [-0.2, 0) is 17.1 Å². The molecule has 0 aliphatic carbocycles. The maximum atomic E-state index is 12.3. The van der Waals surface area contributed by atoms with Crippen molar-refractivity contribution in [3.8, 4) is 5.69 Å². The van der Waals surface area contributed by atoms with Gasteiger partial charge < -0.3 is 5.32 Å². The van der Waals surface area contributed by atoms with E-state index < -0.39 is 4.92 Å². The van der Waals surface area contributed by atoms with E-state index in [1.807, 2.05) is 55.7 Å². The topological polar surface area (TPSA) is 103 Å². The van der Waals surface area contributed by atoms with E-state index in [4.69, 9.17) is 0 Å². The zero-order valence-corrected chi connectivity index (χ0v) is 18.6. The zero-order chi connectivity index (χ0) is 22.4. The number of benzene rings is 2. The second-order valence-corrected chi connectivity index (χ2v) is 9.24. The number of rotatable bonds is 8. The number of nitrogens with one attached hydrogen (secondary N) is 1. The molecule has 3 aromatic rings. The van der Waals surface area contributed by atoms with Gasteiger partial charge in [-0.05, 0) is 23.1 Å². The number of hydrogen-bond acceptors (Lipinski definition) is 6. The molecular formula is C22H25N5O3S. The highest BCUT2D eigenvalue weighted by Gasteiger charge is 2.19. The van der Waals surface area contributed by atoms with Crippen LogP contribution in [0.3, 0.4) is 0 Å². The van der Waals surface area contributed by atoms with Gasteiger partial charge in [0.25, 0.3) is 5.69 Å². The first-order valence-corrected chi connectivity index (χ1v) is 10.8. The highest BCUT2D eigenvalue weighted by atomic mass is 32.2. The van der Waals surface area contributed by atoms with Crippen LogP contribution < -0.4 is 5.32 Å². The summed E-state index contributed by atoms with van der Waals surface area (Å²) < 4.78 is 1.83. The number of nitro benzene ring substituents is 1. The van der Waals surface area contributed by atoms with E-state index in [0.29, 0.717) is 28.8 Å². The Labute approximate surface area is 185 Å². The standard InChI is InChI=1S/C22H25N5O3S/c1-22(2,3)13-20(28)23-14-19-24-25-21(31-15-16-7-5-4-6-8-16)26(19)17-9-11-18(12-10-17)27(29)30/h4-12H,13-15H2,1-3H3,(H,23,28). The molecular weight excluding hydrogens is 414 g/mol. The summed E-state index contributed by atoms with van der Waals surface area (Å²) in [6, 6.07) is 16.2. The molecule has 0 bridgehead atoms. The van der Waals surface area contributed by atoms with E-state index in [2.05, 4.69) is 15.5 Å². The second kappa shape index (κ2) is 9.74. The predicted octanol–water partition coefficient (Wildman–Crippen LogP) is 4.52. The zero-order valence-electron chi connectivity index (χ0n) is 17.7. The molecule has 0 aliphatic heterocycles. The van der Waals surface area contributed by atoms with Gasteiger partial charge in [0.2, 0.25) is 5.91 Å². The third-order valence-electron chi connectivity index (χ3n) is 4.36. The van der Waals surface area contributed by atoms with Gasteiger partial charge in [-0.3, -0.25) is 19.5 Å². The first-order valence-electron chi connectivity index (χ1n) is 9.85. The normalized spacial score (nSPS) is 11.3. The van der Waals surface area contributed by atoms with Crippen molar-refractivity contribution in [3.63, 3.8) is 0 Å². The molecule has 9 heteroatoms. The molecule has 0 aliphatic rings. The second-order valence-electron chi connectivity index (χ2n) is 8.30. The number of non-ortho nitro benzene ring substituents is 1. The Bertz CT molecular complexity index is 1040. The Kier molecular flexibility index (Phi) is 7.06. The smallest absolute Gasteiger partial charge is 0.269 e. The van der Waals surface area contributed by atoms with Crippen molar-refractivity contribution in [1.82, 2.24) is 20.1 Å². The molecule has 0 spiro atoms. The molecule has 0 fully saturated rings. The van der Waals surface area contributed by atoms with Crippen molar-refractivity contribution in [2.24, 2.45) is 5.41 Å². The number of nitro groups is 1. The summed E-state index contributed by atoms with van der Waals surface area (Å²) in [6.45, 7) is 6.23. The number of aromatic nitrogens is 3. The van der Waals surface area contributed by atoms with Crippen LogP contribution in [0.4, 0.5) is 5.69 Å². The van der Waals surface area contributed by atoms with Crippen LogP contribution in [0.2, 0.25) is 0 Å². The summed E-state index contributed by atoms with van der Waals surface area (Å²) in [4.78, 5) is 22.8. The summed E-state index contributed by atoms with van der Waals surface area (Å²) in [7, 11) is 0. The molecule has 2 aromatic carbocycles. The molecule has 31 heavy (non-hydrogen) atoms. The molecule has 1 heterocycles. The predicted molar refractivity (Wildman–Crippen MR) is 120 cm³/mol. The van der Waals surface area contributed by atoms with Crippen LogP contribution in [0, 0.1) is 15.5 Å². The monoisotopic (exact) mass is 439 g/mol. The van der Waals surface area contributed by atoms with Crippen molar-refractivity contribution < 1.29 is 9.72 Å². The van der Waals surface area contributed by atoms with Crippen molar-refractivity contribution in [3.05, 3.63) is 76.1 Å². The molecule has 1 amide bonds. The number of amides is 1. The van der Waals surface area contributed by atoms with E-state index in [-0.39, 0.29) is 23.6 Å². The Morgan fingerprint density at radius 1 is 1.10 bits per heavy atom. The van der Waals surface area contributed by atoms with Crippen LogP contribution in [0.15, 0.2) is 59.8 Å². The van der Waals surface area contributed by atoms with Gasteiger partial charge >= 0.3 is 0 Å². The molecule has 0 saturated carbocycles.